The highest BCUT2D eigenvalue weighted by Crippen LogP contribution is 2.26. The summed E-state index contributed by atoms with van der Waals surface area (Å²) in [6.07, 6.45) is 0.566. The van der Waals surface area contributed by atoms with Gasteiger partial charge in [-0.1, -0.05) is 6.92 Å². The van der Waals surface area contributed by atoms with Crippen LogP contribution in [-0.2, 0) is 4.79 Å². The van der Waals surface area contributed by atoms with Crippen LogP contribution in [0.2, 0.25) is 0 Å². The molecule has 8 heteroatoms. The average molecular weight is 296 g/mol. The highest BCUT2D eigenvalue weighted by Gasteiger charge is 2.25. The van der Waals surface area contributed by atoms with Crippen molar-refractivity contribution in [3.05, 3.63) is 29.1 Å². The molecule has 20 heavy (non-hydrogen) atoms. The quantitative estimate of drug-likeness (QED) is 0.481. The second-order valence-electron chi connectivity index (χ2n) is 3.97. The molecule has 3 nitrogen and oxygen atoms in total. The Hall–Kier alpha value is -1.86. The van der Waals surface area contributed by atoms with Crippen molar-refractivity contribution in [2.75, 3.05) is 18.4 Å². The number of benzene rings is 1. The monoisotopic (exact) mass is 296 g/mol. The third-order valence-corrected chi connectivity index (χ3v) is 2.44. The second-order valence-corrected chi connectivity index (χ2v) is 3.97. The molecule has 0 saturated carbocycles. The van der Waals surface area contributed by atoms with Crippen LogP contribution in [0.3, 0.4) is 0 Å². The molecular weight excluding hydrogens is 283 g/mol. The molecule has 0 spiro atoms. The molecule has 0 saturated heterocycles. The summed E-state index contributed by atoms with van der Waals surface area (Å²) in [5.41, 5.74) is -1.13. The van der Waals surface area contributed by atoms with Gasteiger partial charge in [-0.2, -0.15) is 0 Å². The lowest BCUT2D eigenvalue weighted by Gasteiger charge is -2.10. The lowest BCUT2D eigenvalue weighted by molar-refractivity contribution is -0.120. The number of halogens is 5. The fourth-order valence-corrected chi connectivity index (χ4v) is 1.41. The Labute approximate surface area is 112 Å². The summed E-state index contributed by atoms with van der Waals surface area (Å²) in [7, 11) is 0. The topological polar surface area (TPSA) is 41.1 Å². The maximum Gasteiger partial charge on any atom is 0.221 e. The van der Waals surface area contributed by atoms with Crippen LogP contribution in [-0.4, -0.2) is 19.0 Å². The van der Waals surface area contributed by atoms with Gasteiger partial charge in [0.05, 0.1) is 0 Å². The molecule has 2 N–H and O–H groups in total. The molecule has 0 aromatic heterocycles. The Kier molecular flexibility index (Phi) is 5.72. The first-order valence-electron chi connectivity index (χ1n) is 5.92. The molecule has 112 valence electrons. The zero-order valence-corrected chi connectivity index (χ0v) is 10.6. The highest BCUT2D eigenvalue weighted by atomic mass is 19.2. The number of carbonyl (C=O) groups is 1. The smallest absolute Gasteiger partial charge is 0.221 e. The van der Waals surface area contributed by atoms with Gasteiger partial charge in [0.2, 0.25) is 11.7 Å². The third-order valence-electron chi connectivity index (χ3n) is 2.44. The van der Waals surface area contributed by atoms with Crippen LogP contribution in [0.1, 0.15) is 19.8 Å². The van der Waals surface area contributed by atoms with Crippen molar-refractivity contribution in [2.45, 2.75) is 19.8 Å². The molecule has 1 aromatic carbocycles. The molecule has 0 aliphatic heterocycles. The molecule has 1 rings (SSSR count). The van der Waals surface area contributed by atoms with Crippen molar-refractivity contribution in [1.29, 1.82) is 0 Å². The van der Waals surface area contributed by atoms with Gasteiger partial charge in [0.15, 0.2) is 23.3 Å². The fraction of sp³-hybridized carbons (Fsp3) is 0.417. The number of anilines is 1. The maximum atomic E-state index is 13.2. The molecule has 0 aliphatic rings. The lowest BCUT2D eigenvalue weighted by atomic mass is 10.2. The van der Waals surface area contributed by atoms with E-state index in [1.807, 2.05) is 12.2 Å². The number of nitrogens with one attached hydrogen (secondary N) is 2. The van der Waals surface area contributed by atoms with Crippen molar-refractivity contribution < 1.29 is 26.7 Å². The van der Waals surface area contributed by atoms with Crippen LogP contribution >= 0.6 is 0 Å². The van der Waals surface area contributed by atoms with Gasteiger partial charge in [-0.25, -0.2) is 22.0 Å². The van der Waals surface area contributed by atoms with Crippen LogP contribution in [0.5, 0.6) is 0 Å². The van der Waals surface area contributed by atoms with Gasteiger partial charge in [-0.3, -0.25) is 4.79 Å². The van der Waals surface area contributed by atoms with E-state index in [0.29, 0.717) is 6.54 Å². The Morgan fingerprint density at radius 2 is 1.40 bits per heavy atom. The fourth-order valence-electron chi connectivity index (χ4n) is 1.41. The Morgan fingerprint density at radius 3 is 1.90 bits per heavy atom. The van der Waals surface area contributed by atoms with Crippen LogP contribution in [0.25, 0.3) is 0 Å². The minimum absolute atomic E-state index is 0.153. The van der Waals surface area contributed by atoms with Gasteiger partial charge >= 0.3 is 0 Å². The number of hydrogen-bond acceptors (Lipinski definition) is 2. The van der Waals surface area contributed by atoms with Crippen molar-refractivity contribution in [2.24, 2.45) is 0 Å². The van der Waals surface area contributed by atoms with E-state index >= 15 is 0 Å². The summed E-state index contributed by atoms with van der Waals surface area (Å²) in [5.74, 6) is -10.6. The largest absolute Gasteiger partial charge is 0.380 e. The molecular formula is C12H13F5N2O. The SMILES string of the molecule is CCCNC(=O)CCNc1c(F)c(F)c(F)c(F)c1F. The van der Waals surface area contributed by atoms with Crippen molar-refractivity contribution in [3.8, 4) is 0 Å². The minimum atomic E-state index is -2.22. The first kappa shape index (κ1) is 16.2. The Morgan fingerprint density at radius 1 is 0.900 bits per heavy atom. The maximum absolute atomic E-state index is 13.2. The first-order chi connectivity index (χ1) is 9.40. The predicted octanol–water partition coefficient (Wildman–Crippen LogP) is 2.71. The van der Waals surface area contributed by atoms with E-state index in [0.717, 1.165) is 6.42 Å². The van der Waals surface area contributed by atoms with E-state index in [1.54, 1.807) is 0 Å². The average Bonchev–Trinajstić information content (AvgIpc) is 2.44. The van der Waals surface area contributed by atoms with Gasteiger partial charge in [0.1, 0.15) is 5.69 Å². The summed E-state index contributed by atoms with van der Waals surface area (Å²) in [4.78, 5) is 11.2. The number of amides is 1. The van der Waals surface area contributed by atoms with E-state index in [2.05, 4.69) is 5.32 Å². The summed E-state index contributed by atoms with van der Waals surface area (Å²) in [5, 5.41) is 4.55. The van der Waals surface area contributed by atoms with Crippen LogP contribution in [0.4, 0.5) is 27.6 Å². The molecule has 0 bridgehead atoms. The Balaban J connectivity index is 2.72. The van der Waals surface area contributed by atoms with E-state index < -0.39 is 34.8 Å². The van der Waals surface area contributed by atoms with E-state index in [1.165, 1.54) is 0 Å². The molecule has 0 fully saturated rings. The zero-order chi connectivity index (χ0) is 15.3. The molecule has 0 unspecified atom stereocenters. The molecule has 1 aromatic rings. The van der Waals surface area contributed by atoms with Crippen LogP contribution < -0.4 is 10.6 Å². The van der Waals surface area contributed by atoms with Gasteiger partial charge in [-0.05, 0) is 6.42 Å². The minimum Gasteiger partial charge on any atom is -0.380 e. The van der Waals surface area contributed by atoms with Crippen molar-refractivity contribution in [3.63, 3.8) is 0 Å². The molecule has 0 aliphatic carbocycles. The van der Waals surface area contributed by atoms with Crippen LogP contribution in [0.15, 0.2) is 0 Å². The second kappa shape index (κ2) is 7.06. The van der Waals surface area contributed by atoms with E-state index in [4.69, 9.17) is 0 Å². The predicted molar refractivity (Wildman–Crippen MR) is 62.6 cm³/mol. The summed E-state index contributed by atoms with van der Waals surface area (Å²) < 4.78 is 65.0. The number of rotatable bonds is 6. The van der Waals surface area contributed by atoms with Crippen molar-refractivity contribution in [1.82, 2.24) is 5.32 Å². The highest BCUT2D eigenvalue weighted by molar-refractivity contribution is 5.76. The van der Waals surface area contributed by atoms with Gasteiger partial charge < -0.3 is 10.6 Å². The summed E-state index contributed by atoms with van der Waals surface area (Å²) in [6.45, 7) is 2.03. The molecule has 0 atom stereocenters. The van der Waals surface area contributed by atoms with Gasteiger partial charge in [0.25, 0.3) is 0 Å². The lowest BCUT2D eigenvalue weighted by Crippen LogP contribution is -2.26. The molecule has 0 heterocycles. The summed E-state index contributed by atoms with van der Waals surface area (Å²) >= 11 is 0. The van der Waals surface area contributed by atoms with Gasteiger partial charge in [-0.15, -0.1) is 0 Å². The number of hydrogen-bond donors (Lipinski definition) is 2. The van der Waals surface area contributed by atoms with E-state index in [9.17, 15) is 26.7 Å². The summed E-state index contributed by atoms with van der Waals surface area (Å²) in [6, 6.07) is 0. The van der Waals surface area contributed by atoms with Crippen LogP contribution in [0, 0.1) is 29.1 Å². The first-order valence-corrected chi connectivity index (χ1v) is 5.92. The normalized spacial score (nSPS) is 10.5. The third kappa shape index (κ3) is 3.58. The number of carbonyl (C=O) groups excluding carboxylic acids is 1. The van der Waals surface area contributed by atoms with E-state index in [-0.39, 0.29) is 18.9 Å². The zero-order valence-electron chi connectivity index (χ0n) is 10.6. The molecule has 1 amide bonds. The Bertz CT molecular complexity index is 478. The van der Waals surface area contributed by atoms with Crippen molar-refractivity contribution >= 4 is 11.6 Å². The molecule has 0 radical (unpaired) electrons. The standard InChI is InChI=1S/C12H13F5N2O/c1-2-4-18-6(20)3-5-19-12-10(16)8(14)7(13)9(15)11(12)17/h19H,2-5H2,1H3,(H,18,20). The van der Waals surface area contributed by atoms with Gasteiger partial charge in [0, 0.05) is 19.5 Å².